The highest BCUT2D eigenvalue weighted by Crippen LogP contribution is 2.33. The van der Waals surface area contributed by atoms with Crippen molar-refractivity contribution in [1.82, 2.24) is 0 Å². The number of imide groups is 1. The van der Waals surface area contributed by atoms with Gasteiger partial charge in [-0.05, 0) is 41.8 Å². The standard InChI is InChI=1S/C17H15NO3/c1-10(2)14-9-11(7-8-15(14)19)18-16(20)12-5-3-4-6-13(12)17(18)21/h3-10,19H,1-2H3. The Morgan fingerprint density at radius 2 is 1.52 bits per heavy atom. The molecule has 2 aromatic carbocycles. The molecule has 0 saturated carbocycles. The number of hydrogen-bond donors (Lipinski definition) is 1. The van der Waals surface area contributed by atoms with E-state index in [4.69, 9.17) is 0 Å². The SMILES string of the molecule is CC(C)c1cc(N2C(=O)c3ccccc3C2=O)ccc1O. The van der Waals surface area contributed by atoms with Crippen molar-refractivity contribution < 1.29 is 14.7 Å². The highest BCUT2D eigenvalue weighted by Gasteiger charge is 2.36. The van der Waals surface area contributed by atoms with Gasteiger partial charge in [-0.25, -0.2) is 4.90 Å². The van der Waals surface area contributed by atoms with E-state index in [1.807, 2.05) is 13.8 Å². The van der Waals surface area contributed by atoms with Crippen LogP contribution in [0.4, 0.5) is 5.69 Å². The van der Waals surface area contributed by atoms with Gasteiger partial charge >= 0.3 is 0 Å². The summed E-state index contributed by atoms with van der Waals surface area (Å²) in [6.07, 6.45) is 0. The van der Waals surface area contributed by atoms with Crippen LogP contribution in [0.1, 0.15) is 46.0 Å². The highest BCUT2D eigenvalue weighted by molar-refractivity contribution is 6.34. The number of amides is 2. The van der Waals surface area contributed by atoms with Gasteiger partial charge in [0.15, 0.2) is 0 Å². The van der Waals surface area contributed by atoms with Crippen molar-refractivity contribution in [1.29, 1.82) is 0 Å². The lowest BCUT2D eigenvalue weighted by Crippen LogP contribution is -2.29. The third-order valence-electron chi connectivity index (χ3n) is 3.69. The molecule has 0 bridgehead atoms. The van der Waals surface area contributed by atoms with E-state index in [0.29, 0.717) is 22.4 Å². The van der Waals surface area contributed by atoms with Crippen LogP contribution in [0.5, 0.6) is 5.75 Å². The summed E-state index contributed by atoms with van der Waals surface area (Å²) < 4.78 is 0. The first kappa shape index (κ1) is 13.4. The average Bonchev–Trinajstić information content (AvgIpc) is 2.72. The first-order valence-corrected chi connectivity index (χ1v) is 6.81. The lowest BCUT2D eigenvalue weighted by atomic mass is 10.0. The quantitative estimate of drug-likeness (QED) is 0.859. The first-order valence-electron chi connectivity index (χ1n) is 6.81. The van der Waals surface area contributed by atoms with Gasteiger partial charge in [-0.3, -0.25) is 9.59 Å². The molecule has 0 radical (unpaired) electrons. The van der Waals surface area contributed by atoms with Crippen LogP contribution >= 0.6 is 0 Å². The predicted molar refractivity (Wildman–Crippen MR) is 79.8 cm³/mol. The van der Waals surface area contributed by atoms with Crippen molar-refractivity contribution >= 4 is 17.5 Å². The minimum absolute atomic E-state index is 0.0973. The van der Waals surface area contributed by atoms with Gasteiger partial charge in [0.25, 0.3) is 11.8 Å². The second-order valence-corrected chi connectivity index (χ2v) is 5.39. The van der Waals surface area contributed by atoms with Gasteiger partial charge in [-0.2, -0.15) is 0 Å². The molecule has 1 aliphatic rings. The van der Waals surface area contributed by atoms with Crippen molar-refractivity contribution in [3.8, 4) is 5.75 Å². The Kier molecular flexibility index (Phi) is 3.01. The molecule has 0 aromatic heterocycles. The largest absolute Gasteiger partial charge is 0.508 e. The molecular formula is C17H15NO3. The molecule has 0 saturated heterocycles. The van der Waals surface area contributed by atoms with E-state index in [1.54, 1.807) is 36.4 Å². The van der Waals surface area contributed by atoms with E-state index in [2.05, 4.69) is 0 Å². The van der Waals surface area contributed by atoms with Gasteiger partial charge in [0.1, 0.15) is 5.75 Å². The molecule has 0 atom stereocenters. The van der Waals surface area contributed by atoms with Gasteiger partial charge in [-0.1, -0.05) is 26.0 Å². The molecule has 0 spiro atoms. The summed E-state index contributed by atoms with van der Waals surface area (Å²) >= 11 is 0. The molecule has 0 fully saturated rings. The van der Waals surface area contributed by atoms with Crippen LogP contribution in [-0.4, -0.2) is 16.9 Å². The highest BCUT2D eigenvalue weighted by atomic mass is 16.3. The second kappa shape index (κ2) is 4.74. The summed E-state index contributed by atoms with van der Waals surface area (Å²) in [5.74, 6) is -0.377. The fourth-order valence-electron chi connectivity index (χ4n) is 2.57. The number of aromatic hydroxyl groups is 1. The summed E-state index contributed by atoms with van der Waals surface area (Å²) in [5, 5.41) is 9.87. The number of nitrogens with zero attached hydrogens (tertiary/aromatic N) is 1. The Bertz CT molecular complexity index is 714. The molecule has 2 amide bonds. The fourth-order valence-corrected chi connectivity index (χ4v) is 2.57. The molecule has 4 heteroatoms. The Balaban J connectivity index is 2.09. The molecule has 1 N–H and O–H groups in total. The number of carbonyl (C=O) groups excluding carboxylic acids is 2. The summed E-state index contributed by atoms with van der Waals surface area (Å²) in [4.78, 5) is 26.0. The number of phenols is 1. The third kappa shape index (κ3) is 2.00. The van der Waals surface area contributed by atoms with Crippen LogP contribution < -0.4 is 4.90 Å². The third-order valence-corrected chi connectivity index (χ3v) is 3.69. The zero-order chi connectivity index (χ0) is 15.1. The number of carbonyl (C=O) groups is 2. The Labute approximate surface area is 122 Å². The number of fused-ring (bicyclic) bond motifs is 1. The monoisotopic (exact) mass is 281 g/mol. The van der Waals surface area contributed by atoms with E-state index < -0.39 is 0 Å². The Hall–Kier alpha value is -2.62. The van der Waals surface area contributed by atoms with Crippen molar-refractivity contribution in [2.45, 2.75) is 19.8 Å². The lowest BCUT2D eigenvalue weighted by Gasteiger charge is -2.17. The molecule has 21 heavy (non-hydrogen) atoms. The van der Waals surface area contributed by atoms with Crippen molar-refractivity contribution in [2.24, 2.45) is 0 Å². The van der Waals surface area contributed by atoms with E-state index in [9.17, 15) is 14.7 Å². The predicted octanol–water partition coefficient (Wildman–Crippen LogP) is 3.32. The van der Waals surface area contributed by atoms with Crippen LogP contribution in [-0.2, 0) is 0 Å². The summed E-state index contributed by atoms with van der Waals surface area (Å²) in [7, 11) is 0. The molecule has 106 valence electrons. The lowest BCUT2D eigenvalue weighted by molar-refractivity contribution is 0.0926. The molecule has 4 nitrogen and oxygen atoms in total. The Morgan fingerprint density at radius 1 is 0.952 bits per heavy atom. The van der Waals surface area contributed by atoms with E-state index in [1.165, 1.54) is 6.07 Å². The minimum atomic E-state index is -0.323. The number of rotatable bonds is 2. The maximum Gasteiger partial charge on any atom is 0.266 e. The zero-order valence-electron chi connectivity index (χ0n) is 11.8. The molecule has 3 rings (SSSR count). The number of phenolic OH excluding ortho intramolecular Hbond substituents is 1. The zero-order valence-corrected chi connectivity index (χ0v) is 11.8. The summed E-state index contributed by atoms with van der Waals surface area (Å²) in [6, 6.07) is 11.6. The van der Waals surface area contributed by atoms with Gasteiger partial charge in [0.2, 0.25) is 0 Å². The van der Waals surface area contributed by atoms with Gasteiger partial charge in [0.05, 0.1) is 16.8 Å². The van der Waals surface area contributed by atoms with Crippen LogP contribution in [0.25, 0.3) is 0 Å². The van der Waals surface area contributed by atoms with E-state index in [0.717, 1.165) is 4.90 Å². The maximum atomic E-state index is 12.4. The topological polar surface area (TPSA) is 57.6 Å². The second-order valence-electron chi connectivity index (χ2n) is 5.39. The maximum absolute atomic E-state index is 12.4. The van der Waals surface area contributed by atoms with Crippen LogP contribution in [0.15, 0.2) is 42.5 Å². The number of benzene rings is 2. The molecular weight excluding hydrogens is 266 g/mol. The number of hydrogen-bond acceptors (Lipinski definition) is 3. The van der Waals surface area contributed by atoms with Crippen molar-refractivity contribution in [2.75, 3.05) is 4.90 Å². The molecule has 0 unspecified atom stereocenters. The van der Waals surface area contributed by atoms with Crippen LogP contribution in [0, 0.1) is 0 Å². The normalized spacial score (nSPS) is 14.0. The average molecular weight is 281 g/mol. The van der Waals surface area contributed by atoms with Crippen molar-refractivity contribution in [3.63, 3.8) is 0 Å². The Morgan fingerprint density at radius 3 is 2.05 bits per heavy atom. The molecule has 0 aliphatic carbocycles. The van der Waals surface area contributed by atoms with Gasteiger partial charge in [0, 0.05) is 0 Å². The van der Waals surface area contributed by atoms with Crippen LogP contribution in [0.3, 0.4) is 0 Å². The van der Waals surface area contributed by atoms with E-state index >= 15 is 0 Å². The fraction of sp³-hybridized carbons (Fsp3) is 0.176. The van der Waals surface area contributed by atoms with Crippen molar-refractivity contribution in [3.05, 3.63) is 59.2 Å². The van der Waals surface area contributed by atoms with Gasteiger partial charge < -0.3 is 5.11 Å². The van der Waals surface area contributed by atoms with E-state index in [-0.39, 0.29) is 23.5 Å². The minimum Gasteiger partial charge on any atom is -0.508 e. The number of anilines is 1. The smallest absolute Gasteiger partial charge is 0.266 e. The summed E-state index contributed by atoms with van der Waals surface area (Å²) in [6.45, 7) is 3.89. The summed E-state index contributed by atoms with van der Waals surface area (Å²) in [5.41, 5.74) is 2.04. The van der Waals surface area contributed by atoms with Crippen LogP contribution in [0.2, 0.25) is 0 Å². The van der Waals surface area contributed by atoms with Gasteiger partial charge in [-0.15, -0.1) is 0 Å². The molecule has 1 aliphatic heterocycles. The molecule has 1 heterocycles. The first-order chi connectivity index (χ1) is 10.0. The molecule has 2 aromatic rings.